The summed E-state index contributed by atoms with van der Waals surface area (Å²) in [5, 5.41) is 1.87. The average molecular weight is 301 g/mol. The quantitative estimate of drug-likeness (QED) is 0.902. The lowest BCUT2D eigenvalue weighted by Gasteiger charge is -2.10. The van der Waals surface area contributed by atoms with Gasteiger partial charge >= 0.3 is 0 Å². The highest BCUT2D eigenvalue weighted by Crippen LogP contribution is 2.23. The number of nitrogens with zero attached hydrogens (tertiary/aromatic N) is 1. The molecule has 0 atom stereocenters. The number of hydrogen-bond acceptors (Lipinski definition) is 5. The second-order valence-electron chi connectivity index (χ2n) is 3.85. The van der Waals surface area contributed by atoms with Crippen molar-refractivity contribution in [1.82, 2.24) is 4.98 Å². The maximum absolute atomic E-state index is 13.7. The summed E-state index contributed by atoms with van der Waals surface area (Å²) in [6.45, 7) is 1.48. The lowest BCUT2D eigenvalue weighted by molar-refractivity contribution is 0.589. The van der Waals surface area contributed by atoms with Crippen LogP contribution >= 0.6 is 11.3 Å². The Morgan fingerprint density at radius 1 is 1.47 bits per heavy atom. The number of thiazole rings is 1. The number of hydrogen-bond donors (Lipinski definition) is 2. The largest absolute Gasteiger partial charge is 0.326 e. The van der Waals surface area contributed by atoms with Crippen LogP contribution in [0.25, 0.3) is 0 Å². The van der Waals surface area contributed by atoms with Crippen molar-refractivity contribution >= 4 is 26.5 Å². The lowest BCUT2D eigenvalue weighted by atomic mass is 10.1. The van der Waals surface area contributed by atoms with E-state index in [1.54, 1.807) is 5.38 Å². The fraction of sp³-hybridized carbons (Fsp3) is 0.182. The van der Waals surface area contributed by atoms with Crippen LogP contribution in [0.4, 0.5) is 9.52 Å². The molecule has 1 aromatic heterocycles. The molecule has 0 fully saturated rings. The number of nitrogens with two attached hydrogens (primary N) is 1. The van der Waals surface area contributed by atoms with Crippen molar-refractivity contribution in [3.8, 4) is 0 Å². The third-order valence-electron chi connectivity index (χ3n) is 2.54. The maximum atomic E-state index is 13.7. The zero-order chi connectivity index (χ0) is 14.0. The summed E-state index contributed by atoms with van der Waals surface area (Å²) in [5.74, 6) is -0.595. The summed E-state index contributed by atoms with van der Waals surface area (Å²) < 4.78 is 40.4. The van der Waals surface area contributed by atoms with Crippen LogP contribution in [0.1, 0.15) is 11.1 Å². The maximum Gasteiger partial charge on any atom is 0.264 e. The molecule has 0 saturated heterocycles. The highest BCUT2D eigenvalue weighted by atomic mass is 32.2. The van der Waals surface area contributed by atoms with Gasteiger partial charge < -0.3 is 5.73 Å². The minimum Gasteiger partial charge on any atom is -0.326 e. The van der Waals surface area contributed by atoms with Crippen molar-refractivity contribution in [1.29, 1.82) is 0 Å². The average Bonchev–Trinajstić information content (AvgIpc) is 2.84. The minimum atomic E-state index is -3.87. The monoisotopic (exact) mass is 301 g/mol. The zero-order valence-corrected chi connectivity index (χ0v) is 11.7. The normalized spacial score (nSPS) is 11.5. The van der Waals surface area contributed by atoms with Gasteiger partial charge in [0.25, 0.3) is 10.0 Å². The van der Waals surface area contributed by atoms with Crippen molar-refractivity contribution in [2.24, 2.45) is 5.73 Å². The fourth-order valence-electron chi connectivity index (χ4n) is 1.55. The van der Waals surface area contributed by atoms with Crippen LogP contribution in [0.5, 0.6) is 0 Å². The number of anilines is 1. The Labute approximate surface area is 114 Å². The van der Waals surface area contributed by atoms with E-state index in [4.69, 9.17) is 5.73 Å². The zero-order valence-electron chi connectivity index (χ0n) is 10.1. The first kappa shape index (κ1) is 13.9. The van der Waals surface area contributed by atoms with E-state index in [9.17, 15) is 12.8 Å². The number of sulfonamides is 1. The molecule has 0 spiro atoms. The van der Waals surface area contributed by atoms with Crippen molar-refractivity contribution in [2.75, 3.05) is 4.72 Å². The first-order valence-corrected chi connectivity index (χ1v) is 7.71. The van der Waals surface area contributed by atoms with Crippen LogP contribution in [-0.2, 0) is 16.6 Å². The number of nitrogens with one attached hydrogen (secondary N) is 1. The molecule has 1 aromatic carbocycles. The molecule has 0 aliphatic heterocycles. The molecule has 19 heavy (non-hydrogen) atoms. The van der Waals surface area contributed by atoms with E-state index in [0.717, 1.165) is 11.3 Å². The smallest absolute Gasteiger partial charge is 0.264 e. The molecule has 0 saturated carbocycles. The van der Waals surface area contributed by atoms with E-state index >= 15 is 0 Å². The topological polar surface area (TPSA) is 85.1 Å². The molecule has 1 heterocycles. The van der Waals surface area contributed by atoms with Gasteiger partial charge in [0.05, 0.1) is 4.90 Å². The molecule has 0 bridgehead atoms. The van der Waals surface area contributed by atoms with Gasteiger partial charge in [-0.25, -0.2) is 17.8 Å². The van der Waals surface area contributed by atoms with Gasteiger partial charge in [-0.1, -0.05) is 0 Å². The van der Waals surface area contributed by atoms with Crippen LogP contribution in [-0.4, -0.2) is 13.4 Å². The molecule has 2 rings (SSSR count). The molecule has 0 amide bonds. The number of benzene rings is 1. The van der Waals surface area contributed by atoms with E-state index in [2.05, 4.69) is 9.71 Å². The second-order valence-corrected chi connectivity index (χ2v) is 6.39. The number of rotatable bonds is 4. The molecular weight excluding hydrogens is 289 g/mol. The van der Waals surface area contributed by atoms with E-state index in [1.807, 2.05) is 0 Å². The predicted molar refractivity (Wildman–Crippen MR) is 72.0 cm³/mol. The Kier molecular flexibility index (Phi) is 3.83. The molecular formula is C11H12FN3O2S2. The summed E-state index contributed by atoms with van der Waals surface area (Å²) in [6.07, 6.45) is 1.48. The summed E-state index contributed by atoms with van der Waals surface area (Å²) in [4.78, 5) is 3.71. The SMILES string of the molecule is Cc1c(F)cc(CN)cc1S(=O)(=O)Nc1nccs1. The Morgan fingerprint density at radius 2 is 2.21 bits per heavy atom. The molecule has 8 heteroatoms. The highest BCUT2D eigenvalue weighted by molar-refractivity contribution is 7.93. The van der Waals surface area contributed by atoms with Crippen molar-refractivity contribution in [3.05, 3.63) is 40.7 Å². The molecule has 5 nitrogen and oxygen atoms in total. The van der Waals surface area contributed by atoms with Crippen molar-refractivity contribution in [3.63, 3.8) is 0 Å². The second kappa shape index (κ2) is 5.24. The van der Waals surface area contributed by atoms with Crippen LogP contribution in [0.3, 0.4) is 0 Å². The van der Waals surface area contributed by atoms with E-state index in [1.165, 1.54) is 25.3 Å². The van der Waals surface area contributed by atoms with Gasteiger partial charge in [-0.05, 0) is 24.6 Å². The lowest BCUT2D eigenvalue weighted by Crippen LogP contribution is -2.15. The van der Waals surface area contributed by atoms with Gasteiger partial charge in [0.2, 0.25) is 0 Å². The molecule has 3 N–H and O–H groups in total. The number of halogens is 1. The van der Waals surface area contributed by atoms with Crippen molar-refractivity contribution in [2.45, 2.75) is 18.4 Å². The number of aromatic nitrogens is 1. The Bertz CT molecular complexity index is 684. The summed E-state index contributed by atoms with van der Waals surface area (Å²) in [5.41, 5.74) is 5.90. The summed E-state index contributed by atoms with van der Waals surface area (Å²) >= 11 is 1.14. The van der Waals surface area contributed by atoms with Gasteiger partial charge in [0.15, 0.2) is 5.13 Å². The molecule has 0 unspecified atom stereocenters. The molecule has 102 valence electrons. The van der Waals surface area contributed by atoms with Gasteiger partial charge in [-0.2, -0.15) is 0 Å². The molecule has 2 aromatic rings. The molecule has 0 radical (unpaired) electrons. The third-order valence-corrected chi connectivity index (χ3v) is 4.82. The molecule has 0 aliphatic rings. The van der Waals surface area contributed by atoms with Gasteiger partial charge in [0, 0.05) is 23.7 Å². The standard InChI is InChI=1S/C11H12FN3O2S2/c1-7-9(12)4-8(6-13)5-10(7)19(16,17)15-11-14-2-3-18-11/h2-5H,6,13H2,1H3,(H,14,15). The van der Waals surface area contributed by atoms with Crippen LogP contribution in [0.15, 0.2) is 28.6 Å². The van der Waals surface area contributed by atoms with Gasteiger partial charge in [-0.15, -0.1) is 11.3 Å². The summed E-state index contributed by atoms with van der Waals surface area (Å²) in [6, 6.07) is 2.60. The highest BCUT2D eigenvalue weighted by Gasteiger charge is 2.21. The predicted octanol–water partition coefficient (Wildman–Crippen LogP) is 1.85. The van der Waals surface area contributed by atoms with Crippen LogP contribution in [0, 0.1) is 12.7 Å². The first-order valence-electron chi connectivity index (χ1n) is 5.35. The van der Waals surface area contributed by atoms with Crippen molar-refractivity contribution < 1.29 is 12.8 Å². The van der Waals surface area contributed by atoms with Crippen LogP contribution in [0.2, 0.25) is 0 Å². The van der Waals surface area contributed by atoms with Gasteiger partial charge in [0.1, 0.15) is 5.82 Å². The van der Waals surface area contributed by atoms with Crippen LogP contribution < -0.4 is 10.5 Å². The van der Waals surface area contributed by atoms with E-state index in [0.29, 0.717) is 5.56 Å². The van der Waals surface area contributed by atoms with Gasteiger partial charge in [-0.3, -0.25) is 4.72 Å². The Morgan fingerprint density at radius 3 is 2.79 bits per heavy atom. The third kappa shape index (κ3) is 2.91. The fourth-order valence-corrected chi connectivity index (χ4v) is 3.64. The summed E-state index contributed by atoms with van der Waals surface area (Å²) in [7, 11) is -3.87. The minimum absolute atomic E-state index is 0.0567. The van der Waals surface area contributed by atoms with E-state index < -0.39 is 15.8 Å². The first-order chi connectivity index (χ1) is 8.94. The van der Waals surface area contributed by atoms with E-state index in [-0.39, 0.29) is 22.1 Å². The Balaban J connectivity index is 2.48. The molecule has 0 aliphatic carbocycles. The Hall–Kier alpha value is -1.51.